The number of halogens is 1. The summed E-state index contributed by atoms with van der Waals surface area (Å²) in [7, 11) is 0. The van der Waals surface area contributed by atoms with Gasteiger partial charge in [0.15, 0.2) is 12.4 Å². The van der Waals surface area contributed by atoms with Crippen LogP contribution in [0.4, 0.5) is 5.69 Å². The van der Waals surface area contributed by atoms with Gasteiger partial charge in [0.05, 0.1) is 4.92 Å². The van der Waals surface area contributed by atoms with E-state index in [1.165, 1.54) is 12.1 Å². The van der Waals surface area contributed by atoms with E-state index in [2.05, 4.69) is 15.5 Å². The first kappa shape index (κ1) is 17.3. The molecule has 1 amide bonds. The predicted octanol–water partition coefficient (Wildman–Crippen LogP) is 1.41. The molecule has 0 aliphatic heterocycles. The minimum Gasteiger partial charge on any atom is -0.454 e. The summed E-state index contributed by atoms with van der Waals surface area (Å²) in [6.07, 6.45) is 0. The molecule has 126 valence electrons. The molecule has 0 saturated heterocycles. The topological polar surface area (TPSA) is 137 Å². The van der Waals surface area contributed by atoms with Gasteiger partial charge in [0.1, 0.15) is 11.6 Å². The van der Waals surface area contributed by atoms with Crippen molar-refractivity contribution in [3.05, 3.63) is 50.6 Å². The highest BCUT2D eigenvalue weighted by Crippen LogP contribution is 2.24. The smallest absolute Gasteiger partial charge is 0.325 e. The fourth-order valence-corrected chi connectivity index (χ4v) is 1.83. The highest BCUT2D eigenvalue weighted by atomic mass is 35.5. The van der Waals surface area contributed by atoms with Crippen molar-refractivity contribution in [2.24, 2.45) is 0 Å². The number of hydrogen-bond donors (Lipinski definition) is 1. The molecule has 11 heteroatoms. The molecule has 0 aliphatic rings. The van der Waals surface area contributed by atoms with Gasteiger partial charge >= 0.3 is 5.97 Å². The van der Waals surface area contributed by atoms with E-state index in [1.807, 2.05) is 0 Å². The number of hydrogen-bond acceptors (Lipinski definition) is 8. The second kappa shape index (κ2) is 7.51. The van der Waals surface area contributed by atoms with E-state index in [-0.39, 0.29) is 23.1 Å². The van der Waals surface area contributed by atoms with Gasteiger partial charge in [-0.3, -0.25) is 19.7 Å². The number of esters is 1. The molecule has 0 radical (unpaired) electrons. The highest BCUT2D eigenvalue weighted by Gasteiger charge is 2.17. The second-order valence-corrected chi connectivity index (χ2v) is 4.91. The number of amides is 1. The molecule has 10 nitrogen and oxygen atoms in total. The summed E-state index contributed by atoms with van der Waals surface area (Å²) in [6.45, 7) is 0.963. The van der Waals surface area contributed by atoms with Crippen LogP contribution in [-0.4, -0.2) is 33.5 Å². The van der Waals surface area contributed by atoms with Gasteiger partial charge in [-0.25, -0.2) is 0 Å². The Bertz CT molecular complexity index is 791. The first-order valence-corrected chi connectivity index (χ1v) is 6.91. The summed E-state index contributed by atoms with van der Waals surface area (Å²) in [4.78, 5) is 37.3. The Balaban J connectivity index is 1.87. The zero-order valence-electron chi connectivity index (χ0n) is 12.3. The van der Waals surface area contributed by atoms with E-state index in [0.717, 1.165) is 6.07 Å². The number of nitrogens with zero attached hydrogens (tertiary/aromatic N) is 3. The molecule has 1 aromatic carbocycles. The molecule has 0 unspecified atom stereocenters. The van der Waals surface area contributed by atoms with Crippen molar-refractivity contribution in [1.82, 2.24) is 15.5 Å². The monoisotopic (exact) mass is 354 g/mol. The summed E-state index contributed by atoms with van der Waals surface area (Å²) in [5.41, 5.74) is -0.412. The van der Waals surface area contributed by atoms with E-state index in [1.54, 1.807) is 6.92 Å². The summed E-state index contributed by atoms with van der Waals surface area (Å²) < 4.78 is 9.58. The lowest BCUT2D eigenvalue weighted by Gasteiger charge is -2.05. The van der Waals surface area contributed by atoms with Crippen LogP contribution in [0, 0.1) is 17.0 Å². The van der Waals surface area contributed by atoms with Crippen LogP contribution in [0.3, 0.4) is 0 Å². The van der Waals surface area contributed by atoms with Crippen molar-refractivity contribution in [3.63, 3.8) is 0 Å². The quantitative estimate of drug-likeness (QED) is 0.467. The van der Waals surface area contributed by atoms with Gasteiger partial charge in [-0.15, -0.1) is 0 Å². The van der Waals surface area contributed by atoms with Crippen molar-refractivity contribution in [1.29, 1.82) is 0 Å². The fourth-order valence-electron chi connectivity index (χ4n) is 1.64. The summed E-state index contributed by atoms with van der Waals surface area (Å²) in [5, 5.41) is 16.5. The molecule has 0 aliphatic carbocycles. The van der Waals surface area contributed by atoms with E-state index in [4.69, 9.17) is 20.9 Å². The number of aryl methyl sites for hydroxylation is 1. The molecule has 1 heterocycles. The number of carbonyl (C=O) groups is 2. The third-order valence-electron chi connectivity index (χ3n) is 2.72. The molecule has 1 N–H and O–H groups in total. The number of nitrogens with one attached hydrogen (secondary N) is 1. The lowest BCUT2D eigenvalue weighted by atomic mass is 10.2. The van der Waals surface area contributed by atoms with Gasteiger partial charge < -0.3 is 14.6 Å². The molecule has 2 rings (SSSR count). The number of benzene rings is 1. The third-order valence-corrected chi connectivity index (χ3v) is 3.04. The number of rotatable bonds is 6. The molecule has 0 fully saturated rings. The van der Waals surface area contributed by atoms with Gasteiger partial charge in [-0.1, -0.05) is 16.8 Å². The minimum atomic E-state index is -0.734. The normalized spacial score (nSPS) is 10.2. The molecular weight excluding hydrogens is 344 g/mol. The number of ether oxygens (including phenoxy) is 1. The average Bonchev–Trinajstić information content (AvgIpc) is 2.96. The maximum atomic E-state index is 11.9. The molecule has 0 saturated carbocycles. The lowest BCUT2D eigenvalue weighted by Crippen LogP contribution is -2.30. The van der Waals surface area contributed by atoms with Gasteiger partial charge in [0.2, 0.25) is 0 Å². The number of aromatic nitrogens is 2. The van der Waals surface area contributed by atoms with Crippen molar-refractivity contribution < 1.29 is 23.8 Å². The molecule has 0 bridgehead atoms. The molecule has 2 aromatic rings. The zero-order chi connectivity index (χ0) is 17.7. The van der Waals surface area contributed by atoms with Crippen LogP contribution < -0.4 is 5.32 Å². The standard InChI is InChI=1S/C13H11ClN4O6/c1-7-16-11(24-17-7)6-23-12(19)5-15-13(20)8-2-3-9(14)10(4-8)18(21)22/h2-4H,5-6H2,1H3,(H,15,20). The Morgan fingerprint density at radius 3 is 2.83 bits per heavy atom. The first-order valence-electron chi connectivity index (χ1n) is 6.53. The highest BCUT2D eigenvalue weighted by molar-refractivity contribution is 6.32. The van der Waals surface area contributed by atoms with Crippen molar-refractivity contribution in [2.75, 3.05) is 6.54 Å². The summed E-state index contributed by atoms with van der Waals surface area (Å²) >= 11 is 5.66. The van der Waals surface area contributed by atoms with E-state index in [9.17, 15) is 19.7 Å². The van der Waals surface area contributed by atoms with Crippen LogP contribution >= 0.6 is 11.6 Å². The van der Waals surface area contributed by atoms with Crippen LogP contribution in [0.5, 0.6) is 0 Å². The molecule has 24 heavy (non-hydrogen) atoms. The first-order chi connectivity index (χ1) is 11.4. The number of nitro benzene ring substituents is 1. The lowest BCUT2D eigenvalue weighted by molar-refractivity contribution is -0.384. The molecule has 0 atom stereocenters. The summed E-state index contributed by atoms with van der Waals surface area (Å²) in [6, 6.07) is 3.55. The van der Waals surface area contributed by atoms with Gasteiger partial charge in [-0.05, 0) is 19.1 Å². The van der Waals surface area contributed by atoms with Crippen LogP contribution in [0.15, 0.2) is 22.7 Å². The van der Waals surface area contributed by atoms with Crippen LogP contribution in [-0.2, 0) is 16.1 Å². The SMILES string of the molecule is Cc1noc(COC(=O)CNC(=O)c2ccc(Cl)c([N+](=O)[O-])c2)n1. The van der Waals surface area contributed by atoms with Crippen molar-refractivity contribution in [3.8, 4) is 0 Å². The maximum absolute atomic E-state index is 11.9. The van der Waals surface area contributed by atoms with Crippen LogP contribution in [0.25, 0.3) is 0 Å². The van der Waals surface area contributed by atoms with Gasteiger partial charge in [-0.2, -0.15) is 4.98 Å². The Labute approximate surface area is 139 Å². The Hall–Kier alpha value is -3.01. The van der Waals surface area contributed by atoms with Crippen molar-refractivity contribution >= 4 is 29.2 Å². The fraction of sp³-hybridized carbons (Fsp3) is 0.231. The van der Waals surface area contributed by atoms with E-state index < -0.39 is 29.0 Å². The Morgan fingerprint density at radius 2 is 2.21 bits per heavy atom. The largest absolute Gasteiger partial charge is 0.454 e. The van der Waals surface area contributed by atoms with Gasteiger partial charge in [0, 0.05) is 11.6 Å². The number of nitro groups is 1. The van der Waals surface area contributed by atoms with Crippen LogP contribution in [0.2, 0.25) is 5.02 Å². The minimum absolute atomic E-state index is 0.00794. The summed E-state index contributed by atoms with van der Waals surface area (Å²) in [5.74, 6) is -0.887. The van der Waals surface area contributed by atoms with Crippen LogP contribution in [0.1, 0.15) is 22.1 Å². The maximum Gasteiger partial charge on any atom is 0.325 e. The zero-order valence-corrected chi connectivity index (χ0v) is 13.1. The molecular formula is C13H11ClN4O6. The average molecular weight is 355 g/mol. The third kappa shape index (κ3) is 4.49. The Kier molecular flexibility index (Phi) is 5.42. The number of carbonyl (C=O) groups excluding carboxylic acids is 2. The Morgan fingerprint density at radius 1 is 1.46 bits per heavy atom. The predicted molar refractivity (Wildman–Crippen MR) is 79.3 cm³/mol. The molecule has 0 spiro atoms. The van der Waals surface area contributed by atoms with Crippen molar-refractivity contribution in [2.45, 2.75) is 13.5 Å². The van der Waals surface area contributed by atoms with E-state index in [0.29, 0.717) is 5.82 Å². The van der Waals surface area contributed by atoms with Gasteiger partial charge in [0.25, 0.3) is 17.5 Å². The second-order valence-electron chi connectivity index (χ2n) is 4.50. The van der Waals surface area contributed by atoms with E-state index >= 15 is 0 Å². The molecule has 1 aromatic heterocycles.